The van der Waals surface area contributed by atoms with Crippen LogP contribution in [0, 0.1) is 0 Å². The third kappa shape index (κ3) is 5.38. The number of sulfonamides is 1. The summed E-state index contributed by atoms with van der Waals surface area (Å²) in [5, 5.41) is 3.57. The van der Waals surface area contributed by atoms with Crippen LogP contribution in [0.25, 0.3) is 0 Å². The minimum atomic E-state index is -3.70. The van der Waals surface area contributed by atoms with Crippen molar-refractivity contribution in [3.8, 4) is 0 Å². The van der Waals surface area contributed by atoms with Crippen molar-refractivity contribution in [2.75, 3.05) is 37.2 Å². The average Bonchev–Trinajstić information content (AvgIpc) is 2.48. The number of hydrogen-bond donors (Lipinski definition) is 2. The summed E-state index contributed by atoms with van der Waals surface area (Å²) in [4.78, 5) is 6.27. The van der Waals surface area contributed by atoms with E-state index in [9.17, 15) is 8.42 Å². The lowest BCUT2D eigenvalue weighted by molar-refractivity contribution is 0.425. The number of rotatable bonds is 7. The number of aromatic nitrogens is 1. The predicted octanol–water partition coefficient (Wildman–Crippen LogP) is 2.51. The molecular weight excluding hydrogens is 336 g/mol. The summed E-state index contributed by atoms with van der Waals surface area (Å²) in [6.07, 6.45) is 1.59. The second-order valence-corrected chi connectivity index (χ2v) is 7.34. The third-order valence-corrected chi connectivity index (χ3v) is 4.58. The molecule has 8 heteroatoms. The summed E-state index contributed by atoms with van der Waals surface area (Å²) in [5.74, 6) is 0.253. The van der Waals surface area contributed by atoms with Crippen LogP contribution in [-0.2, 0) is 10.0 Å². The molecule has 0 atom stereocenters. The highest BCUT2D eigenvalue weighted by atomic mass is 35.5. The smallest absolute Gasteiger partial charge is 0.263 e. The molecule has 0 bridgehead atoms. The zero-order valence-electron chi connectivity index (χ0n) is 13.0. The van der Waals surface area contributed by atoms with Crippen molar-refractivity contribution >= 4 is 33.1 Å². The van der Waals surface area contributed by atoms with E-state index in [1.165, 1.54) is 12.1 Å². The van der Waals surface area contributed by atoms with Crippen LogP contribution in [0.5, 0.6) is 0 Å². The fourth-order valence-electron chi connectivity index (χ4n) is 1.81. The van der Waals surface area contributed by atoms with Crippen LogP contribution in [-0.4, -0.2) is 45.5 Å². The van der Waals surface area contributed by atoms with Crippen LogP contribution in [0.4, 0.5) is 11.5 Å². The maximum Gasteiger partial charge on any atom is 0.263 e. The molecule has 1 aromatic carbocycles. The molecule has 1 heterocycles. The lowest BCUT2D eigenvalue weighted by Crippen LogP contribution is -2.20. The van der Waals surface area contributed by atoms with Crippen molar-refractivity contribution in [3.05, 3.63) is 47.6 Å². The number of nitrogens with zero attached hydrogens (tertiary/aromatic N) is 2. The lowest BCUT2D eigenvalue weighted by Gasteiger charge is -2.12. The lowest BCUT2D eigenvalue weighted by atomic mass is 10.4. The molecule has 23 heavy (non-hydrogen) atoms. The van der Waals surface area contributed by atoms with Crippen LogP contribution >= 0.6 is 11.6 Å². The van der Waals surface area contributed by atoms with Crippen LogP contribution < -0.4 is 10.0 Å². The van der Waals surface area contributed by atoms with Crippen LogP contribution in [0.2, 0.25) is 5.02 Å². The number of nitrogens with one attached hydrogen (secondary N) is 2. The van der Waals surface area contributed by atoms with Crippen LogP contribution in [0.15, 0.2) is 47.5 Å². The Balaban J connectivity index is 2.03. The standard InChI is InChI=1S/C15H19ClN4O2S/c1-20(2)9-8-17-13-6-7-15(18-11-13)19-23(21,22)14-5-3-4-12(16)10-14/h3-7,10-11,17H,8-9H2,1-2H3,(H,18,19). The van der Waals surface area contributed by atoms with Crippen molar-refractivity contribution in [2.24, 2.45) is 0 Å². The van der Waals surface area contributed by atoms with E-state index in [0.29, 0.717) is 5.02 Å². The van der Waals surface area contributed by atoms with Gasteiger partial charge in [-0.3, -0.25) is 4.72 Å². The van der Waals surface area contributed by atoms with Crippen LogP contribution in [0.1, 0.15) is 0 Å². The van der Waals surface area contributed by atoms with E-state index < -0.39 is 10.0 Å². The number of benzene rings is 1. The zero-order valence-corrected chi connectivity index (χ0v) is 14.5. The highest BCUT2D eigenvalue weighted by Gasteiger charge is 2.15. The van der Waals surface area contributed by atoms with Gasteiger partial charge in [0, 0.05) is 18.1 Å². The minimum Gasteiger partial charge on any atom is -0.383 e. The van der Waals surface area contributed by atoms with Gasteiger partial charge in [0.25, 0.3) is 10.0 Å². The number of likely N-dealkylation sites (N-methyl/N-ethyl adjacent to an activating group) is 1. The molecule has 124 valence electrons. The summed E-state index contributed by atoms with van der Waals surface area (Å²) in [6.45, 7) is 1.67. The molecule has 2 N–H and O–H groups in total. The largest absolute Gasteiger partial charge is 0.383 e. The molecule has 0 fully saturated rings. The summed E-state index contributed by atoms with van der Waals surface area (Å²) < 4.78 is 26.9. The Bertz CT molecular complexity index is 748. The van der Waals surface area contributed by atoms with Crippen molar-refractivity contribution in [1.29, 1.82) is 0 Å². The topological polar surface area (TPSA) is 74.3 Å². The first-order valence-electron chi connectivity index (χ1n) is 7.00. The predicted molar refractivity (Wildman–Crippen MR) is 93.5 cm³/mol. The Labute approximate surface area is 141 Å². The summed E-state index contributed by atoms with van der Waals surface area (Å²) >= 11 is 5.83. The van der Waals surface area contributed by atoms with E-state index in [-0.39, 0.29) is 10.7 Å². The SMILES string of the molecule is CN(C)CCNc1ccc(NS(=O)(=O)c2cccc(Cl)c2)nc1. The van der Waals surface area contributed by atoms with E-state index in [0.717, 1.165) is 18.8 Å². The Morgan fingerprint density at radius 2 is 2.00 bits per heavy atom. The Hall–Kier alpha value is -1.83. The number of halogens is 1. The van der Waals surface area contributed by atoms with E-state index in [2.05, 4.69) is 19.9 Å². The van der Waals surface area contributed by atoms with Crippen molar-refractivity contribution in [2.45, 2.75) is 4.90 Å². The fraction of sp³-hybridized carbons (Fsp3) is 0.267. The molecule has 1 aromatic heterocycles. The number of anilines is 2. The van der Waals surface area contributed by atoms with Crippen LogP contribution in [0.3, 0.4) is 0 Å². The fourth-order valence-corrected chi connectivity index (χ4v) is 3.12. The molecule has 2 rings (SSSR count). The van der Waals surface area contributed by atoms with Gasteiger partial charge in [-0.15, -0.1) is 0 Å². The Kier molecular flexibility index (Phi) is 5.81. The Morgan fingerprint density at radius 1 is 1.22 bits per heavy atom. The van der Waals surface area contributed by atoms with Gasteiger partial charge >= 0.3 is 0 Å². The molecule has 0 aliphatic rings. The van der Waals surface area contributed by atoms with E-state index in [1.807, 2.05) is 14.1 Å². The molecule has 0 aliphatic heterocycles. The quantitative estimate of drug-likeness (QED) is 0.799. The van der Waals surface area contributed by atoms with Crippen molar-refractivity contribution in [1.82, 2.24) is 9.88 Å². The van der Waals surface area contributed by atoms with Gasteiger partial charge < -0.3 is 10.2 Å². The average molecular weight is 355 g/mol. The second kappa shape index (κ2) is 7.63. The maximum atomic E-state index is 12.3. The summed E-state index contributed by atoms with van der Waals surface area (Å²) in [7, 11) is 0.287. The zero-order chi connectivity index (χ0) is 16.9. The summed E-state index contributed by atoms with van der Waals surface area (Å²) in [5.41, 5.74) is 0.831. The highest BCUT2D eigenvalue weighted by Crippen LogP contribution is 2.19. The molecule has 0 unspecified atom stereocenters. The molecule has 2 aromatic rings. The Morgan fingerprint density at radius 3 is 2.61 bits per heavy atom. The molecule has 6 nitrogen and oxygen atoms in total. The molecule has 0 spiro atoms. The highest BCUT2D eigenvalue weighted by molar-refractivity contribution is 7.92. The van der Waals surface area contributed by atoms with Crippen molar-refractivity contribution < 1.29 is 8.42 Å². The van der Waals surface area contributed by atoms with Gasteiger partial charge in [-0.05, 0) is 44.4 Å². The summed E-state index contributed by atoms with van der Waals surface area (Å²) in [6, 6.07) is 9.46. The number of hydrogen-bond acceptors (Lipinski definition) is 5. The van der Waals surface area contributed by atoms with Gasteiger partial charge in [-0.1, -0.05) is 17.7 Å². The third-order valence-electron chi connectivity index (χ3n) is 3.00. The first-order chi connectivity index (χ1) is 10.9. The van der Waals surface area contributed by atoms with Gasteiger partial charge in [0.1, 0.15) is 5.82 Å². The molecule has 0 saturated heterocycles. The van der Waals surface area contributed by atoms with E-state index >= 15 is 0 Å². The first kappa shape index (κ1) is 17.5. The minimum absolute atomic E-state index is 0.0972. The molecule has 0 saturated carbocycles. The van der Waals surface area contributed by atoms with Gasteiger partial charge in [-0.2, -0.15) is 0 Å². The molecule has 0 radical (unpaired) electrons. The molecule has 0 amide bonds. The number of pyridine rings is 1. The van der Waals surface area contributed by atoms with E-state index in [1.54, 1.807) is 30.5 Å². The van der Waals surface area contributed by atoms with Gasteiger partial charge in [0.15, 0.2) is 0 Å². The van der Waals surface area contributed by atoms with Gasteiger partial charge in [0.05, 0.1) is 16.8 Å². The maximum absolute atomic E-state index is 12.3. The normalized spacial score (nSPS) is 11.5. The van der Waals surface area contributed by atoms with E-state index in [4.69, 9.17) is 11.6 Å². The second-order valence-electron chi connectivity index (χ2n) is 5.23. The molecular formula is C15H19ClN4O2S. The monoisotopic (exact) mass is 354 g/mol. The van der Waals surface area contributed by atoms with Gasteiger partial charge in [0.2, 0.25) is 0 Å². The van der Waals surface area contributed by atoms with Crippen molar-refractivity contribution in [3.63, 3.8) is 0 Å². The molecule has 0 aliphatic carbocycles. The van der Waals surface area contributed by atoms with Gasteiger partial charge in [-0.25, -0.2) is 13.4 Å². The first-order valence-corrected chi connectivity index (χ1v) is 8.86.